The summed E-state index contributed by atoms with van der Waals surface area (Å²) in [7, 11) is 0. The van der Waals surface area contributed by atoms with Crippen LogP contribution in [0.4, 0.5) is 0 Å². The molecule has 2 aromatic carbocycles. The lowest BCUT2D eigenvalue weighted by atomic mass is 9.82. The van der Waals surface area contributed by atoms with E-state index in [1.807, 2.05) is 6.08 Å². The third kappa shape index (κ3) is 6.36. The predicted octanol–water partition coefficient (Wildman–Crippen LogP) is 7.55. The van der Waals surface area contributed by atoms with Crippen LogP contribution < -0.4 is 5.73 Å². The van der Waals surface area contributed by atoms with Gasteiger partial charge in [-0.1, -0.05) is 74.5 Å². The van der Waals surface area contributed by atoms with E-state index in [1.54, 1.807) is 0 Å². The summed E-state index contributed by atoms with van der Waals surface area (Å²) in [6.07, 6.45) is 10.8. The van der Waals surface area contributed by atoms with Crippen LogP contribution in [-0.4, -0.2) is 10.4 Å². The van der Waals surface area contributed by atoms with Gasteiger partial charge in [0.1, 0.15) is 0 Å². The molecule has 0 radical (unpaired) electrons. The maximum Gasteiger partial charge on any atom is 0.0604 e. The minimum atomic E-state index is -0.230. The zero-order valence-corrected chi connectivity index (χ0v) is 21.0. The zero-order valence-electron chi connectivity index (χ0n) is 21.0. The summed E-state index contributed by atoms with van der Waals surface area (Å²) < 4.78 is 0. The van der Waals surface area contributed by atoms with Gasteiger partial charge in [-0.2, -0.15) is 0 Å². The third-order valence-electron chi connectivity index (χ3n) is 6.55. The summed E-state index contributed by atoms with van der Waals surface area (Å²) in [6, 6.07) is 15.7. The van der Waals surface area contributed by atoms with Crippen LogP contribution in [-0.2, 0) is 19.4 Å². The number of hydrogen-bond acceptors (Lipinski definition) is 2. The van der Waals surface area contributed by atoms with Crippen molar-refractivity contribution < 1.29 is 0 Å². The van der Waals surface area contributed by atoms with Crippen molar-refractivity contribution in [1.82, 2.24) is 4.90 Å². The molecule has 2 aromatic rings. The molecule has 174 valence electrons. The molecule has 1 heterocycles. The van der Waals surface area contributed by atoms with E-state index in [1.165, 1.54) is 39.2 Å². The molecule has 1 aliphatic rings. The van der Waals surface area contributed by atoms with E-state index in [0.29, 0.717) is 0 Å². The zero-order chi connectivity index (χ0) is 24.0. The summed E-state index contributed by atoms with van der Waals surface area (Å²) in [4.78, 5) is 2.36. The maximum atomic E-state index is 6.72. The SMILES string of the molecule is C=CCC(=C)c1cccc(Cc2ccc(CN3C(C)=C3/C=C\C)cc2)c1CC(C)(N)CCC. The Morgan fingerprint density at radius 2 is 1.82 bits per heavy atom. The fraction of sp³-hybridized carbons (Fsp3) is 0.355. The molecular formula is C31H40N2. The van der Waals surface area contributed by atoms with Crippen molar-refractivity contribution in [3.05, 3.63) is 113 Å². The molecule has 2 heteroatoms. The molecule has 0 amide bonds. The topological polar surface area (TPSA) is 29.0 Å². The molecule has 2 nitrogen and oxygen atoms in total. The number of nitrogens with two attached hydrogens (primary N) is 1. The predicted molar refractivity (Wildman–Crippen MR) is 144 cm³/mol. The Labute approximate surface area is 201 Å². The summed E-state index contributed by atoms with van der Waals surface area (Å²) in [6.45, 7) is 17.8. The second-order valence-electron chi connectivity index (χ2n) is 9.67. The van der Waals surface area contributed by atoms with Crippen LogP contribution in [0, 0.1) is 0 Å². The minimum absolute atomic E-state index is 0.230. The van der Waals surface area contributed by atoms with Crippen molar-refractivity contribution in [2.45, 2.75) is 71.9 Å². The molecule has 33 heavy (non-hydrogen) atoms. The van der Waals surface area contributed by atoms with E-state index >= 15 is 0 Å². The Hall–Kier alpha value is -2.84. The monoisotopic (exact) mass is 440 g/mol. The van der Waals surface area contributed by atoms with Gasteiger partial charge in [-0.15, -0.1) is 6.58 Å². The Kier molecular flexibility index (Phi) is 8.15. The minimum Gasteiger partial charge on any atom is -0.338 e. The first-order valence-electron chi connectivity index (χ1n) is 12.2. The molecular weight excluding hydrogens is 400 g/mol. The van der Waals surface area contributed by atoms with Crippen molar-refractivity contribution in [2.75, 3.05) is 0 Å². The van der Waals surface area contributed by atoms with Gasteiger partial charge in [0.05, 0.1) is 5.70 Å². The molecule has 0 saturated heterocycles. The lowest BCUT2D eigenvalue weighted by Crippen LogP contribution is -2.39. The molecule has 3 rings (SSSR count). The lowest BCUT2D eigenvalue weighted by Gasteiger charge is -2.27. The highest BCUT2D eigenvalue weighted by Crippen LogP contribution is 2.34. The highest BCUT2D eigenvalue weighted by atomic mass is 15.3. The normalized spacial score (nSPS) is 15.1. The van der Waals surface area contributed by atoms with E-state index in [2.05, 4.69) is 100 Å². The van der Waals surface area contributed by atoms with Gasteiger partial charge in [0.2, 0.25) is 0 Å². The summed E-state index contributed by atoms with van der Waals surface area (Å²) in [5.41, 5.74) is 16.9. The van der Waals surface area contributed by atoms with Gasteiger partial charge in [0, 0.05) is 17.8 Å². The van der Waals surface area contributed by atoms with E-state index < -0.39 is 0 Å². The van der Waals surface area contributed by atoms with Gasteiger partial charge in [-0.25, -0.2) is 0 Å². The van der Waals surface area contributed by atoms with E-state index in [9.17, 15) is 0 Å². The highest BCUT2D eigenvalue weighted by molar-refractivity contribution is 5.69. The van der Waals surface area contributed by atoms with Gasteiger partial charge < -0.3 is 10.6 Å². The van der Waals surface area contributed by atoms with E-state index in [-0.39, 0.29) is 5.54 Å². The van der Waals surface area contributed by atoms with Crippen molar-refractivity contribution >= 4 is 5.57 Å². The third-order valence-corrected chi connectivity index (χ3v) is 6.55. The number of benzene rings is 2. The van der Waals surface area contributed by atoms with E-state index in [4.69, 9.17) is 5.73 Å². The molecule has 0 fully saturated rings. The first-order chi connectivity index (χ1) is 15.8. The van der Waals surface area contributed by atoms with Crippen molar-refractivity contribution in [1.29, 1.82) is 0 Å². The molecule has 0 spiro atoms. The van der Waals surface area contributed by atoms with Crippen LogP contribution in [0.3, 0.4) is 0 Å². The van der Waals surface area contributed by atoms with E-state index in [0.717, 1.165) is 44.2 Å². The smallest absolute Gasteiger partial charge is 0.0604 e. The Morgan fingerprint density at radius 3 is 2.45 bits per heavy atom. The van der Waals surface area contributed by atoms with Gasteiger partial charge in [-0.3, -0.25) is 0 Å². The van der Waals surface area contributed by atoms with Gasteiger partial charge in [-0.05, 0) is 85.9 Å². The first-order valence-corrected chi connectivity index (χ1v) is 12.2. The average molecular weight is 441 g/mol. The number of hydrogen-bond donors (Lipinski definition) is 1. The number of rotatable bonds is 12. The van der Waals surface area contributed by atoms with Crippen LogP contribution in [0.15, 0.2) is 85.2 Å². The van der Waals surface area contributed by atoms with Crippen molar-refractivity contribution in [3.63, 3.8) is 0 Å². The van der Waals surface area contributed by atoms with Gasteiger partial charge in [0.25, 0.3) is 0 Å². The van der Waals surface area contributed by atoms with Gasteiger partial charge >= 0.3 is 0 Å². The van der Waals surface area contributed by atoms with Gasteiger partial charge in [0.15, 0.2) is 0 Å². The number of nitrogens with zero attached hydrogens (tertiary/aromatic N) is 1. The second-order valence-corrected chi connectivity index (χ2v) is 9.67. The lowest BCUT2D eigenvalue weighted by molar-refractivity contribution is 0.423. The first kappa shape index (κ1) is 24.8. The Morgan fingerprint density at radius 1 is 1.12 bits per heavy atom. The fourth-order valence-electron chi connectivity index (χ4n) is 4.74. The maximum absolute atomic E-state index is 6.72. The number of allylic oxidation sites excluding steroid dienone is 5. The molecule has 0 bridgehead atoms. The van der Waals surface area contributed by atoms with Crippen molar-refractivity contribution in [2.24, 2.45) is 5.73 Å². The van der Waals surface area contributed by atoms with Crippen LogP contribution in [0.25, 0.3) is 5.57 Å². The fourth-order valence-corrected chi connectivity index (χ4v) is 4.74. The molecule has 1 atom stereocenters. The standard InChI is InChI=1S/C31H40N2/c1-7-11-23(4)28-14-10-13-27(29(28)21-31(6,32)19-9-3)20-25-15-17-26(18-16-25)22-33-24(5)30(33)12-8-2/h7-8,10,12-18H,1,4,9,11,19-22,32H2,2-3,5-6H3/b12-8-. The molecule has 1 unspecified atom stereocenters. The van der Waals surface area contributed by atoms with Crippen LogP contribution in [0.1, 0.15) is 74.8 Å². The molecule has 0 aliphatic carbocycles. The second kappa shape index (κ2) is 10.9. The summed E-state index contributed by atoms with van der Waals surface area (Å²) in [5.74, 6) is 0. The Balaban J connectivity index is 1.81. The van der Waals surface area contributed by atoms with Crippen LogP contribution in [0.5, 0.6) is 0 Å². The molecule has 0 saturated carbocycles. The average Bonchev–Trinajstić information content (AvgIpc) is 3.37. The molecule has 2 N–H and O–H groups in total. The quantitative estimate of drug-likeness (QED) is 0.345. The summed E-state index contributed by atoms with van der Waals surface area (Å²) >= 11 is 0. The van der Waals surface area contributed by atoms with Crippen molar-refractivity contribution in [3.8, 4) is 0 Å². The van der Waals surface area contributed by atoms with Crippen LogP contribution >= 0.6 is 0 Å². The molecule has 0 aromatic heterocycles. The highest BCUT2D eigenvalue weighted by Gasteiger charge is 2.26. The largest absolute Gasteiger partial charge is 0.338 e. The molecule has 1 aliphatic heterocycles. The van der Waals surface area contributed by atoms with Crippen LogP contribution in [0.2, 0.25) is 0 Å². The Bertz CT molecular complexity index is 1050. The summed E-state index contributed by atoms with van der Waals surface area (Å²) in [5, 5.41) is 0.